The topological polar surface area (TPSA) is 149 Å². The molecule has 4 heterocycles. The Labute approximate surface area is 437 Å². The zero-order valence-electron chi connectivity index (χ0n) is 33.3. The lowest BCUT2D eigenvalue weighted by atomic mass is 10.2. The molecule has 0 bridgehead atoms. The number of Topliss-reactive ketones (excluding diaryl/α,β-unsaturated/α-hetero) is 1. The van der Waals surface area contributed by atoms with E-state index in [4.69, 9.17) is 114 Å². The highest BCUT2D eigenvalue weighted by atomic mass is 35.5. The predicted octanol–water partition coefficient (Wildman–Crippen LogP) is 16.9. The molecule has 0 fully saturated rings. The van der Waals surface area contributed by atoms with Gasteiger partial charge in [-0.3, -0.25) is 9.59 Å². The normalized spacial score (nSPS) is 10.4. The molecular weight excluding hydrogens is 1120 g/mol. The number of hydrogen-bond acceptors (Lipinski definition) is 13. The molecule has 8 aromatic rings. The first-order chi connectivity index (χ1) is 31.4. The quantitative estimate of drug-likeness (QED) is 0.0841. The number of carboxylic acids is 1. The van der Waals surface area contributed by atoms with Crippen molar-refractivity contribution in [3.8, 4) is 42.3 Å². The van der Waals surface area contributed by atoms with Crippen LogP contribution in [-0.2, 0) is 4.74 Å². The molecule has 4 aromatic carbocycles. The first kappa shape index (κ1) is 53.2. The lowest BCUT2D eigenvalue weighted by Gasteiger charge is -2.01. The molecule has 0 aliphatic rings. The van der Waals surface area contributed by atoms with Gasteiger partial charge < -0.3 is 9.84 Å². The second-order valence-corrected chi connectivity index (χ2v) is 19.3. The zero-order valence-corrected chi connectivity index (χ0v) is 43.3. The van der Waals surface area contributed by atoms with Crippen molar-refractivity contribution < 1.29 is 29.0 Å². The number of benzene rings is 4. The number of esters is 1. The smallest absolute Gasteiger partial charge is 0.357 e. The van der Waals surface area contributed by atoms with Gasteiger partial charge in [-0.2, -0.15) is 0 Å². The minimum atomic E-state index is -1.05. The summed E-state index contributed by atoms with van der Waals surface area (Å²) in [4.78, 5) is 60.6. The fourth-order valence-electron chi connectivity index (χ4n) is 4.91. The zero-order chi connectivity index (χ0) is 48.2. The molecular formula is C43H25Cl9N4O6S4. The molecule has 4 aromatic heterocycles. The summed E-state index contributed by atoms with van der Waals surface area (Å²) in [6.45, 7) is 3.56. The van der Waals surface area contributed by atoms with Crippen LogP contribution >= 0.6 is 150 Å². The molecule has 0 aliphatic carbocycles. The van der Waals surface area contributed by atoms with Gasteiger partial charge in [-0.05, 0) is 42.8 Å². The maximum atomic E-state index is 11.5. The number of aromatic nitrogens is 4. The fourth-order valence-corrected chi connectivity index (χ4v) is 10.2. The number of ether oxygens (including phenoxy) is 1. The minimum absolute atomic E-state index is 0.0102. The van der Waals surface area contributed by atoms with Gasteiger partial charge in [-0.25, -0.2) is 29.5 Å². The number of nitrogens with zero attached hydrogens (tertiary/aromatic N) is 4. The van der Waals surface area contributed by atoms with Gasteiger partial charge in [-0.15, -0.1) is 45.3 Å². The third-order valence-corrected chi connectivity index (χ3v) is 15.0. The monoisotopic (exact) mass is 1140 g/mol. The van der Waals surface area contributed by atoms with Crippen LogP contribution in [0.3, 0.4) is 0 Å². The Morgan fingerprint density at radius 1 is 0.500 bits per heavy atom. The average molecular weight is 1140 g/mol. The van der Waals surface area contributed by atoms with E-state index in [9.17, 15) is 19.2 Å². The third-order valence-electron chi connectivity index (χ3n) is 8.01. The van der Waals surface area contributed by atoms with Gasteiger partial charge in [0.2, 0.25) is 0 Å². The van der Waals surface area contributed by atoms with E-state index >= 15 is 0 Å². The minimum Gasteiger partial charge on any atom is -0.476 e. The van der Waals surface area contributed by atoms with E-state index in [1.54, 1.807) is 83.7 Å². The van der Waals surface area contributed by atoms with Crippen molar-refractivity contribution in [2.24, 2.45) is 0 Å². The van der Waals surface area contributed by atoms with Gasteiger partial charge in [0, 0.05) is 50.7 Å². The van der Waals surface area contributed by atoms with Crippen molar-refractivity contribution in [1.29, 1.82) is 0 Å². The lowest BCUT2D eigenvalue weighted by molar-refractivity contribution is 0.0519. The summed E-state index contributed by atoms with van der Waals surface area (Å²) >= 11 is 58.3. The molecule has 23 heteroatoms. The van der Waals surface area contributed by atoms with Crippen molar-refractivity contribution in [2.45, 2.75) is 13.8 Å². The number of ketones is 1. The van der Waals surface area contributed by atoms with Crippen LogP contribution in [-0.4, -0.2) is 54.6 Å². The summed E-state index contributed by atoms with van der Waals surface area (Å²) in [5.74, 6) is -1.54. The van der Waals surface area contributed by atoms with Gasteiger partial charge in [-0.1, -0.05) is 141 Å². The summed E-state index contributed by atoms with van der Waals surface area (Å²) in [5.41, 5.74) is 3.78. The third kappa shape index (κ3) is 13.9. The van der Waals surface area contributed by atoms with Gasteiger partial charge in [0.05, 0.1) is 46.8 Å². The SMILES string of the molecule is CC(=O)c1csc(-c2cccc(Cl)c2Cl)n1.CCOC(=O)c1csc(-c2cccc(Cl)c2Cl)n1.O=C(Cl)c1csc(-c2cccc(Cl)c2Cl)n1.O=C(O)c1csc(-c2cccc(Cl)c2Cl)n1. The number of halogens is 9. The van der Waals surface area contributed by atoms with Crippen molar-refractivity contribution in [3.05, 3.63) is 157 Å². The Bertz CT molecular complexity index is 2810. The Morgan fingerprint density at radius 2 is 0.803 bits per heavy atom. The molecule has 0 amide bonds. The van der Waals surface area contributed by atoms with Gasteiger partial charge in [0.1, 0.15) is 31.4 Å². The molecule has 1 N–H and O–H groups in total. The fraction of sp³-hybridized carbons (Fsp3) is 0.0698. The van der Waals surface area contributed by atoms with Gasteiger partial charge >= 0.3 is 11.9 Å². The Hall–Kier alpha value is -3.71. The first-order valence-corrected chi connectivity index (χ1v) is 25.0. The Balaban J connectivity index is 0.000000165. The summed E-state index contributed by atoms with van der Waals surface area (Å²) < 4.78 is 4.88. The van der Waals surface area contributed by atoms with Crippen LogP contribution in [0.2, 0.25) is 40.2 Å². The second kappa shape index (κ2) is 25.1. The van der Waals surface area contributed by atoms with Crippen LogP contribution in [0, 0.1) is 0 Å². The molecule has 0 radical (unpaired) electrons. The molecule has 0 saturated heterocycles. The predicted molar refractivity (Wildman–Crippen MR) is 273 cm³/mol. The highest BCUT2D eigenvalue weighted by molar-refractivity contribution is 7.14. The van der Waals surface area contributed by atoms with Crippen LogP contribution < -0.4 is 0 Å². The largest absolute Gasteiger partial charge is 0.476 e. The van der Waals surface area contributed by atoms with E-state index in [0.29, 0.717) is 89.2 Å². The van der Waals surface area contributed by atoms with E-state index in [-0.39, 0.29) is 22.9 Å². The molecule has 0 spiro atoms. The van der Waals surface area contributed by atoms with E-state index in [1.807, 2.05) is 12.1 Å². The van der Waals surface area contributed by atoms with E-state index in [2.05, 4.69) is 19.9 Å². The van der Waals surface area contributed by atoms with Crippen LogP contribution in [0.1, 0.15) is 55.8 Å². The maximum absolute atomic E-state index is 11.5. The van der Waals surface area contributed by atoms with Gasteiger partial charge in [0.15, 0.2) is 17.2 Å². The van der Waals surface area contributed by atoms with E-state index in [1.165, 1.54) is 57.7 Å². The summed E-state index contributed by atoms with van der Waals surface area (Å²) in [6, 6.07) is 21.0. The number of carboxylic acid groups (broad SMARTS) is 1. The summed E-state index contributed by atoms with van der Waals surface area (Å²) in [7, 11) is 0. The molecule has 0 saturated carbocycles. The Kier molecular flexibility index (Phi) is 20.2. The molecule has 8 rings (SSSR count). The lowest BCUT2D eigenvalue weighted by Crippen LogP contribution is -2.04. The van der Waals surface area contributed by atoms with E-state index < -0.39 is 17.2 Å². The maximum Gasteiger partial charge on any atom is 0.357 e. The number of rotatable bonds is 9. The van der Waals surface area contributed by atoms with Crippen molar-refractivity contribution in [2.75, 3.05) is 6.61 Å². The van der Waals surface area contributed by atoms with Crippen LogP contribution in [0.25, 0.3) is 42.3 Å². The highest BCUT2D eigenvalue weighted by Gasteiger charge is 2.17. The molecule has 10 nitrogen and oxygen atoms in total. The van der Waals surface area contributed by atoms with Gasteiger partial charge in [0.25, 0.3) is 5.24 Å². The molecule has 0 atom stereocenters. The standard InChI is InChI=1S/C12H9Cl2NO2S.C11H7Cl2NOS.C10H4Cl3NOS.C10H5Cl2NO2S/c1-2-17-12(16)9-6-18-11(15-9)7-4-3-5-8(13)10(7)14;1-6(15)9-5-16-11(14-9)7-3-2-4-8(12)10(7)13;11-6-3-1-2-5(8(6)12)10-14-7(4-16-10)9(13)15;11-6-3-1-2-5(8(6)12)9-13-7(4-16-9)10(14)15/h3-6H,2H2,1H3;2-5H,1H3;1-4H;1-4H,(H,14,15). The number of thiazole rings is 4. The molecule has 0 unspecified atom stereocenters. The first-order valence-electron chi connectivity index (χ1n) is 18.1. The number of carbonyl (C=O) groups is 4. The van der Waals surface area contributed by atoms with Crippen LogP contribution in [0.15, 0.2) is 94.3 Å². The van der Waals surface area contributed by atoms with Crippen LogP contribution in [0.4, 0.5) is 0 Å². The van der Waals surface area contributed by atoms with Crippen molar-refractivity contribution in [3.63, 3.8) is 0 Å². The summed E-state index contributed by atoms with van der Waals surface area (Å²) in [6.07, 6.45) is 0. The van der Waals surface area contributed by atoms with Crippen molar-refractivity contribution >= 4 is 173 Å². The molecule has 66 heavy (non-hydrogen) atoms. The van der Waals surface area contributed by atoms with Crippen molar-refractivity contribution in [1.82, 2.24) is 19.9 Å². The number of aromatic carboxylic acids is 1. The highest BCUT2D eigenvalue weighted by Crippen LogP contribution is 2.38. The second-order valence-electron chi connectivity index (χ2n) is 12.4. The molecule has 0 aliphatic heterocycles. The number of hydrogen-bond donors (Lipinski definition) is 1. The summed E-state index contributed by atoms with van der Waals surface area (Å²) in [5, 5.41) is 20.6. The average Bonchev–Trinajstić information content (AvgIpc) is 4.14. The van der Waals surface area contributed by atoms with E-state index in [0.717, 1.165) is 5.56 Å². The van der Waals surface area contributed by atoms with Crippen LogP contribution in [0.5, 0.6) is 0 Å². The number of carbonyl (C=O) groups excluding carboxylic acids is 3. The Morgan fingerprint density at radius 3 is 1.09 bits per heavy atom. The molecule has 340 valence electrons.